The van der Waals surface area contributed by atoms with Crippen molar-refractivity contribution in [2.45, 2.75) is 26.8 Å². The molecule has 0 bridgehead atoms. The molecule has 21 heavy (non-hydrogen) atoms. The number of hydrogen-bond acceptors (Lipinski definition) is 3. The Balaban J connectivity index is 1.87. The van der Waals surface area contributed by atoms with Crippen LogP contribution in [-0.4, -0.2) is 5.91 Å². The van der Waals surface area contributed by atoms with Gasteiger partial charge in [0.2, 0.25) is 0 Å². The van der Waals surface area contributed by atoms with Gasteiger partial charge in [0.25, 0.3) is 5.91 Å². The first-order valence-corrected chi connectivity index (χ1v) is 6.91. The van der Waals surface area contributed by atoms with E-state index >= 15 is 0 Å². The predicted octanol–water partition coefficient (Wildman–Crippen LogP) is 4.13. The molecule has 1 unspecified atom stereocenters. The zero-order chi connectivity index (χ0) is 15.0. The van der Waals surface area contributed by atoms with E-state index in [9.17, 15) is 4.79 Å². The van der Waals surface area contributed by atoms with Gasteiger partial charge in [-0.05, 0) is 32.9 Å². The molecular weight excluding hydrogens is 266 g/mol. The second-order valence-corrected chi connectivity index (χ2v) is 5.22. The van der Waals surface area contributed by atoms with Gasteiger partial charge in [-0.25, -0.2) is 0 Å². The molecule has 1 aromatic carbocycles. The second-order valence-electron chi connectivity index (χ2n) is 5.22. The Bertz CT molecular complexity index is 797. The third kappa shape index (κ3) is 2.33. The van der Waals surface area contributed by atoms with E-state index in [1.54, 1.807) is 6.07 Å². The minimum Gasteiger partial charge on any atom is -0.459 e. The molecule has 0 aliphatic carbocycles. The first kappa shape index (κ1) is 13.5. The largest absolute Gasteiger partial charge is 0.459 e. The fourth-order valence-corrected chi connectivity index (χ4v) is 2.54. The second kappa shape index (κ2) is 5.13. The third-order valence-corrected chi connectivity index (χ3v) is 3.69. The predicted molar refractivity (Wildman–Crippen MR) is 80.3 cm³/mol. The molecule has 0 radical (unpaired) electrons. The van der Waals surface area contributed by atoms with Crippen LogP contribution in [0.15, 0.2) is 45.4 Å². The highest BCUT2D eigenvalue weighted by atomic mass is 16.3. The molecule has 2 aromatic heterocycles. The van der Waals surface area contributed by atoms with Crippen molar-refractivity contribution in [1.29, 1.82) is 0 Å². The summed E-state index contributed by atoms with van der Waals surface area (Å²) in [6.45, 7) is 5.75. The number of amides is 1. The van der Waals surface area contributed by atoms with Crippen LogP contribution in [-0.2, 0) is 0 Å². The van der Waals surface area contributed by atoms with Crippen LogP contribution in [0, 0.1) is 13.8 Å². The summed E-state index contributed by atoms with van der Waals surface area (Å²) in [5.41, 5.74) is 2.70. The normalized spacial score (nSPS) is 12.5. The molecular formula is C17H17NO3. The smallest absolute Gasteiger partial charge is 0.287 e. The number of furan rings is 2. The van der Waals surface area contributed by atoms with Gasteiger partial charge in [-0.1, -0.05) is 18.2 Å². The Kier molecular flexibility index (Phi) is 3.29. The lowest BCUT2D eigenvalue weighted by Gasteiger charge is -2.11. The van der Waals surface area contributed by atoms with Crippen LogP contribution < -0.4 is 5.32 Å². The number of rotatable bonds is 3. The Morgan fingerprint density at radius 2 is 1.95 bits per heavy atom. The van der Waals surface area contributed by atoms with Gasteiger partial charge in [0, 0.05) is 16.5 Å². The topological polar surface area (TPSA) is 55.4 Å². The molecule has 3 rings (SSSR count). The van der Waals surface area contributed by atoms with E-state index in [0.717, 1.165) is 27.9 Å². The molecule has 0 aliphatic heterocycles. The molecule has 3 aromatic rings. The van der Waals surface area contributed by atoms with Gasteiger partial charge in [0.15, 0.2) is 5.76 Å². The van der Waals surface area contributed by atoms with Gasteiger partial charge < -0.3 is 14.2 Å². The maximum atomic E-state index is 12.2. The molecule has 0 saturated carbocycles. The number of benzene rings is 1. The molecule has 0 aliphatic rings. The van der Waals surface area contributed by atoms with Crippen LogP contribution in [0.4, 0.5) is 0 Å². The van der Waals surface area contributed by atoms with Crippen LogP contribution in [0.2, 0.25) is 0 Å². The average molecular weight is 283 g/mol. The summed E-state index contributed by atoms with van der Waals surface area (Å²) in [5, 5.41) is 3.99. The van der Waals surface area contributed by atoms with E-state index in [-0.39, 0.29) is 11.9 Å². The van der Waals surface area contributed by atoms with Crippen molar-refractivity contribution in [2.75, 3.05) is 0 Å². The van der Waals surface area contributed by atoms with Crippen molar-refractivity contribution in [2.24, 2.45) is 0 Å². The molecule has 4 nitrogen and oxygen atoms in total. The van der Waals surface area contributed by atoms with Crippen LogP contribution >= 0.6 is 0 Å². The summed E-state index contributed by atoms with van der Waals surface area (Å²) in [7, 11) is 0. The number of nitrogens with one attached hydrogen (secondary N) is 1. The summed E-state index contributed by atoms with van der Waals surface area (Å²) in [6.07, 6.45) is 1.52. The number of carbonyl (C=O) groups excluding carboxylic acids is 1. The van der Waals surface area contributed by atoms with E-state index < -0.39 is 0 Å². The number of carbonyl (C=O) groups is 1. The number of aryl methyl sites for hydroxylation is 2. The Labute approximate surface area is 122 Å². The van der Waals surface area contributed by atoms with Gasteiger partial charge in [-0.15, -0.1) is 0 Å². The fourth-order valence-electron chi connectivity index (χ4n) is 2.54. The summed E-state index contributed by atoms with van der Waals surface area (Å²) in [4.78, 5) is 12.2. The van der Waals surface area contributed by atoms with Crippen molar-refractivity contribution >= 4 is 16.9 Å². The lowest BCUT2D eigenvalue weighted by atomic mass is 10.1. The molecule has 1 N–H and O–H groups in total. The van der Waals surface area contributed by atoms with Crippen LogP contribution in [0.1, 0.15) is 40.4 Å². The SMILES string of the molecule is Cc1ccoc1C(=O)NC(C)c1oc2ccccc2c1C. The summed E-state index contributed by atoms with van der Waals surface area (Å²) in [5.74, 6) is 0.884. The van der Waals surface area contributed by atoms with Crippen molar-refractivity contribution in [1.82, 2.24) is 5.32 Å². The van der Waals surface area contributed by atoms with E-state index in [1.165, 1.54) is 6.26 Å². The third-order valence-electron chi connectivity index (χ3n) is 3.69. The van der Waals surface area contributed by atoms with E-state index in [4.69, 9.17) is 8.83 Å². The lowest BCUT2D eigenvalue weighted by molar-refractivity contribution is 0.0906. The molecule has 0 fully saturated rings. The van der Waals surface area contributed by atoms with Crippen molar-refractivity contribution < 1.29 is 13.6 Å². The Morgan fingerprint density at radius 3 is 2.62 bits per heavy atom. The number of fused-ring (bicyclic) bond motifs is 1. The standard InChI is InChI=1S/C17H17NO3/c1-10-8-9-20-15(10)17(19)18-12(3)16-11(2)13-6-4-5-7-14(13)21-16/h4-9,12H,1-3H3,(H,18,19). The van der Waals surface area contributed by atoms with Gasteiger partial charge in [-0.2, -0.15) is 0 Å². The monoisotopic (exact) mass is 283 g/mol. The molecule has 4 heteroatoms. The Hall–Kier alpha value is -2.49. The van der Waals surface area contributed by atoms with Crippen LogP contribution in [0.5, 0.6) is 0 Å². The molecule has 0 saturated heterocycles. The van der Waals surface area contributed by atoms with E-state index in [1.807, 2.05) is 45.0 Å². The minimum absolute atomic E-state index is 0.227. The first-order chi connectivity index (χ1) is 10.1. The van der Waals surface area contributed by atoms with Crippen LogP contribution in [0.25, 0.3) is 11.0 Å². The highest BCUT2D eigenvalue weighted by molar-refractivity contribution is 5.93. The van der Waals surface area contributed by atoms with Gasteiger partial charge in [-0.3, -0.25) is 4.79 Å². The molecule has 1 atom stereocenters. The Morgan fingerprint density at radius 1 is 1.19 bits per heavy atom. The van der Waals surface area contributed by atoms with E-state index in [0.29, 0.717) is 5.76 Å². The van der Waals surface area contributed by atoms with Gasteiger partial charge in [0.1, 0.15) is 11.3 Å². The van der Waals surface area contributed by atoms with Crippen LogP contribution in [0.3, 0.4) is 0 Å². The number of para-hydroxylation sites is 1. The van der Waals surface area contributed by atoms with Gasteiger partial charge in [0.05, 0.1) is 12.3 Å². The maximum absolute atomic E-state index is 12.2. The highest BCUT2D eigenvalue weighted by Gasteiger charge is 2.20. The van der Waals surface area contributed by atoms with E-state index in [2.05, 4.69) is 5.32 Å². The maximum Gasteiger partial charge on any atom is 0.287 e. The quantitative estimate of drug-likeness (QED) is 0.786. The molecule has 108 valence electrons. The minimum atomic E-state index is -0.232. The molecule has 2 heterocycles. The summed E-state index contributed by atoms with van der Waals surface area (Å²) >= 11 is 0. The lowest BCUT2D eigenvalue weighted by Crippen LogP contribution is -2.26. The zero-order valence-corrected chi connectivity index (χ0v) is 12.3. The van der Waals surface area contributed by atoms with Crippen molar-refractivity contribution in [3.05, 3.63) is 59.2 Å². The summed E-state index contributed by atoms with van der Waals surface area (Å²) in [6, 6.07) is 9.40. The average Bonchev–Trinajstić information content (AvgIpc) is 3.03. The van der Waals surface area contributed by atoms with Crippen molar-refractivity contribution in [3.63, 3.8) is 0 Å². The highest BCUT2D eigenvalue weighted by Crippen LogP contribution is 2.29. The first-order valence-electron chi connectivity index (χ1n) is 6.91. The molecule has 0 spiro atoms. The van der Waals surface area contributed by atoms with Crippen molar-refractivity contribution in [3.8, 4) is 0 Å². The fraction of sp³-hybridized carbons (Fsp3) is 0.235. The zero-order valence-electron chi connectivity index (χ0n) is 12.3. The van der Waals surface area contributed by atoms with Gasteiger partial charge >= 0.3 is 0 Å². The summed E-state index contributed by atoms with van der Waals surface area (Å²) < 4.78 is 11.1. The molecule has 1 amide bonds. The number of hydrogen-bond donors (Lipinski definition) is 1.